The standard InChI is InChI=1S/C22H19Cl2NO3/c23-19-9-2-1-6-17(19)15-28-18-8-5-7-16(14-18)22(26)25-12-13-27-21-11-4-3-10-20(21)24/h1-11,14H,12-13,15H2,(H,25,26). The lowest BCUT2D eigenvalue weighted by atomic mass is 10.2. The smallest absolute Gasteiger partial charge is 0.251 e. The van der Waals surface area contributed by atoms with Gasteiger partial charge in [-0.25, -0.2) is 0 Å². The molecule has 3 aromatic rings. The second-order valence-corrected chi connectivity index (χ2v) is 6.76. The van der Waals surface area contributed by atoms with Gasteiger partial charge in [-0.2, -0.15) is 0 Å². The fraction of sp³-hybridized carbons (Fsp3) is 0.136. The number of benzene rings is 3. The maximum Gasteiger partial charge on any atom is 0.251 e. The third kappa shape index (κ3) is 5.65. The highest BCUT2D eigenvalue weighted by molar-refractivity contribution is 6.32. The zero-order valence-corrected chi connectivity index (χ0v) is 16.5. The average Bonchev–Trinajstić information content (AvgIpc) is 2.72. The Kier molecular flexibility index (Phi) is 7.18. The molecule has 28 heavy (non-hydrogen) atoms. The lowest BCUT2D eigenvalue weighted by molar-refractivity contribution is 0.0946. The molecule has 0 fully saturated rings. The molecule has 6 heteroatoms. The highest BCUT2D eigenvalue weighted by atomic mass is 35.5. The molecule has 0 saturated heterocycles. The fourth-order valence-electron chi connectivity index (χ4n) is 2.49. The predicted molar refractivity (Wildman–Crippen MR) is 112 cm³/mol. The van der Waals surface area contributed by atoms with Gasteiger partial charge in [0, 0.05) is 16.1 Å². The molecule has 4 nitrogen and oxygen atoms in total. The molecule has 0 aliphatic heterocycles. The molecule has 0 spiro atoms. The second-order valence-electron chi connectivity index (χ2n) is 5.94. The summed E-state index contributed by atoms with van der Waals surface area (Å²) in [5.41, 5.74) is 1.39. The number of hydrogen-bond donors (Lipinski definition) is 1. The third-order valence-corrected chi connectivity index (χ3v) is 4.61. The number of nitrogens with one attached hydrogen (secondary N) is 1. The number of hydrogen-bond acceptors (Lipinski definition) is 3. The van der Waals surface area contributed by atoms with Crippen molar-refractivity contribution in [1.82, 2.24) is 5.32 Å². The van der Waals surface area contributed by atoms with Gasteiger partial charge in [0.05, 0.1) is 11.6 Å². The topological polar surface area (TPSA) is 47.6 Å². The minimum atomic E-state index is -0.203. The van der Waals surface area contributed by atoms with Crippen LogP contribution >= 0.6 is 23.2 Å². The van der Waals surface area contributed by atoms with Gasteiger partial charge in [-0.15, -0.1) is 0 Å². The molecular formula is C22H19Cl2NO3. The van der Waals surface area contributed by atoms with Gasteiger partial charge in [0.15, 0.2) is 0 Å². The van der Waals surface area contributed by atoms with Crippen LogP contribution in [0.15, 0.2) is 72.8 Å². The Hall–Kier alpha value is -2.69. The number of carbonyl (C=O) groups excluding carboxylic acids is 1. The molecule has 0 unspecified atom stereocenters. The quantitative estimate of drug-likeness (QED) is 0.502. The van der Waals surface area contributed by atoms with Crippen molar-refractivity contribution in [1.29, 1.82) is 0 Å². The molecule has 0 bridgehead atoms. The zero-order valence-electron chi connectivity index (χ0n) is 15.0. The van der Waals surface area contributed by atoms with Crippen LogP contribution in [0, 0.1) is 0 Å². The van der Waals surface area contributed by atoms with E-state index >= 15 is 0 Å². The van der Waals surface area contributed by atoms with Crippen LogP contribution in [0.2, 0.25) is 10.0 Å². The van der Waals surface area contributed by atoms with Crippen molar-refractivity contribution in [2.24, 2.45) is 0 Å². The molecule has 0 aromatic heterocycles. The first-order chi connectivity index (χ1) is 13.6. The Morgan fingerprint density at radius 3 is 2.39 bits per heavy atom. The lowest BCUT2D eigenvalue weighted by Crippen LogP contribution is -2.28. The molecule has 0 saturated carbocycles. The number of rotatable bonds is 8. The van der Waals surface area contributed by atoms with E-state index in [-0.39, 0.29) is 5.91 Å². The van der Waals surface area contributed by atoms with Crippen molar-refractivity contribution in [3.63, 3.8) is 0 Å². The zero-order chi connectivity index (χ0) is 19.8. The largest absolute Gasteiger partial charge is 0.490 e. The fourth-order valence-corrected chi connectivity index (χ4v) is 2.87. The minimum Gasteiger partial charge on any atom is -0.490 e. The Morgan fingerprint density at radius 1 is 0.857 bits per heavy atom. The van der Waals surface area contributed by atoms with Gasteiger partial charge >= 0.3 is 0 Å². The summed E-state index contributed by atoms with van der Waals surface area (Å²) in [5.74, 6) is 0.985. The molecule has 0 radical (unpaired) electrons. The summed E-state index contributed by atoms with van der Waals surface area (Å²) in [7, 11) is 0. The van der Waals surface area contributed by atoms with Gasteiger partial charge in [0.2, 0.25) is 0 Å². The summed E-state index contributed by atoms with van der Waals surface area (Å²) in [5, 5.41) is 4.00. The minimum absolute atomic E-state index is 0.203. The number of amides is 1. The van der Waals surface area contributed by atoms with Crippen molar-refractivity contribution in [3.05, 3.63) is 94.0 Å². The van der Waals surface area contributed by atoms with Crippen LogP contribution in [0.5, 0.6) is 11.5 Å². The molecule has 3 aromatic carbocycles. The Morgan fingerprint density at radius 2 is 1.61 bits per heavy atom. The molecule has 0 aliphatic rings. The first kappa shape index (κ1) is 20.1. The molecule has 1 N–H and O–H groups in total. The predicted octanol–water partition coefficient (Wildman–Crippen LogP) is 5.38. The lowest BCUT2D eigenvalue weighted by Gasteiger charge is -2.11. The first-order valence-electron chi connectivity index (χ1n) is 8.75. The van der Waals surface area contributed by atoms with Crippen molar-refractivity contribution in [3.8, 4) is 11.5 Å². The van der Waals surface area contributed by atoms with Crippen molar-refractivity contribution in [2.45, 2.75) is 6.61 Å². The number of carbonyl (C=O) groups is 1. The molecule has 0 aliphatic carbocycles. The average molecular weight is 416 g/mol. The molecule has 0 atom stereocenters. The summed E-state index contributed by atoms with van der Waals surface area (Å²) in [4.78, 5) is 12.3. The summed E-state index contributed by atoms with van der Waals surface area (Å²) in [6.07, 6.45) is 0. The van der Waals surface area contributed by atoms with Crippen LogP contribution in [0.1, 0.15) is 15.9 Å². The molecule has 0 heterocycles. The van der Waals surface area contributed by atoms with E-state index in [0.29, 0.717) is 46.9 Å². The van der Waals surface area contributed by atoms with Gasteiger partial charge in [0.1, 0.15) is 24.7 Å². The normalized spacial score (nSPS) is 10.4. The van der Waals surface area contributed by atoms with Crippen molar-refractivity contribution in [2.75, 3.05) is 13.2 Å². The maximum absolute atomic E-state index is 12.3. The van der Waals surface area contributed by atoms with Gasteiger partial charge < -0.3 is 14.8 Å². The van der Waals surface area contributed by atoms with Gasteiger partial charge in [0.25, 0.3) is 5.91 Å². The van der Waals surface area contributed by atoms with E-state index in [9.17, 15) is 4.79 Å². The van der Waals surface area contributed by atoms with Crippen LogP contribution < -0.4 is 14.8 Å². The van der Waals surface area contributed by atoms with Gasteiger partial charge in [-0.05, 0) is 36.4 Å². The summed E-state index contributed by atoms with van der Waals surface area (Å²) >= 11 is 12.2. The Bertz CT molecular complexity index is 946. The molecule has 3 rings (SSSR count). The van der Waals surface area contributed by atoms with Gasteiger partial charge in [-0.1, -0.05) is 59.6 Å². The SMILES string of the molecule is O=C(NCCOc1ccccc1Cl)c1cccc(OCc2ccccc2Cl)c1. The number of halogens is 2. The Balaban J connectivity index is 1.49. The van der Waals surface area contributed by atoms with Crippen LogP contribution in [-0.2, 0) is 6.61 Å². The summed E-state index contributed by atoms with van der Waals surface area (Å²) in [6.45, 7) is 1.00. The van der Waals surface area contributed by atoms with E-state index in [1.165, 1.54) is 0 Å². The van der Waals surface area contributed by atoms with E-state index < -0.39 is 0 Å². The summed E-state index contributed by atoms with van der Waals surface area (Å²) < 4.78 is 11.3. The van der Waals surface area contributed by atoms with Crippen LogP contribution in [0.3, 0.4) is 0 Å². The number of para-hydroxylation sites is 1. The summed E-state index contributed by atoms with van der Waals surface area (Å²) in [6, 6.07) is 21.7. The molecule has 1 amide bonds. The number of ether oxygens (including phenoxy) is 2. The van der Waals surface area contributed by atoms with E-state index in [4.69, 9.17) is 32.7 Å². The molecular weight excluding hydrogens is 397 g/mol. The van der Waals surface area contributed by atoms with Crippen LogP contribution in [-0.4, -0.2) is 19.1 Å². The maximum atomic E-state index is 12.3. The first-order valence-corrected chi connectivity index (χ1v) is 9.51. The van der Waals surface area contributed by atoms with E-state index in [1.54, 1.807) is 36.4 Å². The highest BCUT2D eigenvalue weighted by Gasteiger charge is 2.08. The highest BCUT2D eigenvalue weighted by Crippen LogP contribution is 2.23. The van der Waals surface area contributed by atoms with Crippen molar-refractivity contribution < 1.29 is 14.3 Å². The van der Waals surface area contributed by atoms with E-state index in [1.807, 2.05) is 36.4 Å². The Labute approximate surface area is 174 Å². The second kappa shape index (κ2) is 10.0. The van der Waals surface area contributed by atoms with Crippen LogP contribution in [0.4, 0.5) is 0 Å². The van der Waals surface area contributed by atoms with E-state index in [2.05, 4.69) is 5.32 Å². The van der Waals surface area contributed by atoms with Crippen molar-refractivity contribution >= 4 is 29.1 Å². The monoisotopic (exact) mass is 415 g/mol. The molecule has 144 valence electrons. The van der Waals surface area contributed by atoms with Gasteiger partial charge in [-0.3, -0.25) is 4.79 Å². The van der Waals surface area contributed by atoms with Crippen LogP contribution in [0.25, 0.3) is 0 Å². The third-order valence-electron chi connectivity index (χ3n) is 3.93. The van der Waals surface area contributed by atoms with E-state index in [0.717, 1.165) is 5.56 Å².